The lowest BCUT2D eigenvalue weighted by atomic mass is 9.86. The number of benzene rings is 2. The van der Waals surface area contributed by atoms with Crippen molar-refractivity contribution < 1.29 is 9.21 Å². The summed E-state index contributed by atoms with van der Waals surface area (Å²) in [7, 11) is 0. The van der Waals surface area contributed by atoms with Crippen LogP contribution in [0.5, 0.6) is 0 Å². The fourth-order valence-electron chi connectivity index (χ4n) is 4.64. The normalized spacial score (nSPS) is 15.4. The van der Waals surface area contributed by atoms with Crippen molar-refractivity contribution in [2.45, 2.75) is 53.1 Å². The summed E-state index contributed by atoms with van der Waals surface area (Å²) in [6.07, 6.45) is 3.99. The van der Waals surface area contributed by atoms with E-state index in [0.717, 1.165) is 16.5 Å². The molecule has 0 spiro atoms. The highest BCUT2D eigenvalue weighted by atomic mass is 35.5. The number of aryl methyl sites for hydroxylation is 1. The molecule has 6 heteroatoms. The average Bonchev–Trinajstić information content (AvgIpc) is 3.11. The predicted octanol–water partition coefficient (Wildman–Crippen LogP) is 6.57. The lowest BCUT2D eigenvalue weighted by molar-refractivity contribution is 0.0929. The zero-order valence-corrected chi connectivity index (χ0v) is 20.0. The molecule has 4 rings (SSSR count). The molecule has 0 aliphatic carbocycles. The molecule has 1 N–H and O–H groups in total. The summed E-state index contributed by atoms with van der Waals surface area (Å²) >= 11 is 6.00. The van der Waals surface area contributed by atoms with Gasteiger partial charge in [-0.25, -0.2) is 5.43 Å². The Morgan fingerprint density at radius 1 is 1.19 bits per heavy atom. The lowest BCUT2D eigenvalue weighted by Crippen LogP contribution is -2.49. The highest BCUT2D eigenvalue weighted by Crippen LogP contribution is 2.41. The number of fused-ring (bicyclic) bond motifs is 2. The largest absolute Gasteiger partial charge is 0.451 e. The van der Waals surface area contributed by atoms with Gasteiger partial charge in [0.15, 0.2) is 5.76 Å². The Bertz CT molecular complexity index is 1270. The van der Waals surface area contributed by atoms with Crippen LogP contribution >= 0.6 is 11.6 Å². The topological polar surface area (TPSA) is 57.8 Å². The van der Waals surface area contributed by atoms with E-state index in [1.165, 1.54) is 16.8 Å². The van der Waals surface area contributed by atoms with Gasteiger partial charge in [0.1, 0.15) is 5.58 Å². The number of amides is 1. The summed E-state index contributed by atoms with van der Waals surface area (Å²) in [4.78, 5) is 14.9. The minimum atomic E-state index is -0.409. The molecule has 1 aliphatic rings. The Morgan fingerprint density at radius 2 is 1.94 bits per heavy atom. The molecule has 0 atom stereocenters. The molecule has 0 unspecified atom stereocenters. The molecular formula is C26H28ClN3O2. The van der Waals surface area contributed by atoms with Crippen molar-refractivity contribution in [2.75, 3.05) is 4.90 Å². The van der Waals surface area contributed by atoms with Crippen molar-refractivity contribution in [1.29, 1.82) is 0 Å². The van der Waals surface area contributed by atoms with Crippen LogP contribution in [-0.4, -0.2) is 23.7 Å². The molecule has 32 heavy (non-hydrogen) atoms. The van der Waals surface area contributed by atoms with E-state index in [1.54, 1.807) is 30.5 Å². The average molecular weight is 450 g/mol. The number of halogens is 1. The highest BCUT2D eigenvalue weighted by Gasteiger charge is 2.33. The molecule has 1 aliphatic heterocycles. The Balaban J connectivity index is 1.58. The van der Waals surface area contributed by atoms with Gasteiger partial charge < -0.3 is 9.32 Å². The van der Waals surface area contributed by atoms with Crippen LogP contribution in [-0.2, 0) is 0 Å². The van der Waals surface area contributed by atoms with E-state index in [9.17, 15) is 4.79 Å². The van der Waals surface area contributed by atoms with Crippen LogP contribution in [0.1, 0.15) is 61.9 Å². The van der Waals surface area contributed by atoms with Gasteiger partial charge in [-0.15, -0.1) is 0 Å². The number of hydrogen-bond acceptors (Lipinski definition) is 4. The number of allylic oxidation sites excluding steroid dienone is 1. The molecule has 2 aromatic carbocycles. The molecule has 3 aromatic rings. The number of nitrogens with zero attached hydrogens (tertiary/aromatic N) is 2. The monoisotopic (exact) mass is 449 g/mol. The van der Waals surface area contributed by atoms with Gasteiger partial charge in [-0.3, -0.25) is 4.79 Å². The fraction of sp³-hybridized carbons (Fsp3) is 0.308. The zero-order valence-electron chi connectivity index (χ0n) is 19.3. The summed E-state index contributed by atoms with van der Waals surface area (Å²) in [5, 5.41) is 5.55. The summed E-state index contributed by atoms with van der Waals surface area (Å²) in [6.45, 7) is 13.1. The second-order valence-electron chi connectivity index (χ2n) is 9.16. The van der Waals surface area contributed by atoms with Gasteiger partial charge in [-0.1, -0.05) is 17.7 Å². The third-order valence-electron chi connectivity index (χ3n) is 5.85. The Morgan fingerprint density at radius 3 is 2.66 bits per heavy atom. The van der Waals surface area contributed by atoms with Crippen LogP contribution in [0.15, 0.2) is 52.0 Å². The van der Waals surface area contributed by atoms with Gasteiger partial charge in [0.25, 0.3) is 0 Å². The molecule has 166 valence electrons. The smallest absolute Gasteiger partial charge is 0.307 e. The fourth-order valence-corrected chi connectivity index (χ4v) is 4.82. The summed E-state index contributed by atoms with van der Waals surface area (Å²) < 4.78 is 5.60. The minimum Gasteiger partial charge on any atom is -0.451 e. The van der Waals surface area contributed by atoms with Crippen molar-refractivity contribution in [3.8, 4) is 0 Å². The first-order valence-corrected chi connectivity index (χ1v) is 11.1. The maximum Gasteiger partial charge on any atom is 0.307 e. The van der Waals surface area contributed by atoms with E-state index >= 15 is 0 Å². The number of hydrogen-bond donors (Lipinski definition) is 1. The summed E-state index contributed by atoms with van der Waals surface area (Å²) in [5.74, 6) is -0.219. The second kappa shape index (κ2) is 8.14. The van der Waals surface area contributed by atoms with Gasteiger partial charge in [0.2, 0.25) is 0 Å². The third kappa shape index (κ3) is 4.05. The number of furan rings is 1. The summed E-state index contributed by atoms with van der Waals surface area (Å²) in [6, 6.07) is 11.6. The number of nitrogens with one attached hydrogen (secondary N) is 1. The van der Waals surface area contributed by atoms with E-state index in [2.05, 4.69) is 75.2 Å². The standard InChI is InChI=1S/C26H28ClN3O2/c1-15(2)30-22-9-16(3)19(11-21(22)17(4)13-26(30,5)6)14-28-29-25(31)24-12-18-10-20(27)7-8-23(18)32-24/h7-15H,1-6H3,(H,29,31)/b28-14-. The molecule has 2 heterocycles. The first-order chi connectivity index (χ1) is 15.1. The lowest BCUT2D eigenvalue weighted by Gasteiger charge is -2.46. The second-order valence-corrected chi connectivity index (χ2v) is 9.60. The van der Waals surface area contributed by atoms with Crippen LogP contribution < -0.4 is 10.3 Å². The van der Waals surface area contributed by atoms with E-state index in [4.69, 9.17) is 16.0 Å². The van der Waals surface area contributed by atoms with Crippen LogP contribution in [0.3, 0.4) is 0 Å². The maximum absolute atomic E-state index is 12.5. The molecule has 0 radical (unpaired) electrons. The molecule has 0 bridgehead atoms. The molecule has 1 aromatic heterocycles. The number of hydrazone groups is 1. The number of carbonyl (C=O) groups is 1. The molecule has 5 nitrogen and oxygen atoms in total. The Kier molecular flexibility index (Phi) is 5.63. The van der Waals surface area contributed by atoms with Gasteiger partial charge in [-0.2, -0.15) is 5.10 Å². The van der Waals surface area contributed by atoms with Crippen LogP contribution in [0.2, 0.25) is 5.02 Å². The van der Waals surface area contributed by atoms with Crippen molar-refractivity contribution in [1.82, 2.24) is 5.43 Å². The summed E-state index contributed by atoms with van der Waals surface area (Å²) in [5.41, 5.74) is 8.81. The Hall–Kier alpha value is -3.05. The first-order valence-electron chi connectivity index (χ1n) is 10.7. The van der Waals surface area contributed by atoms with E-state index in [0.29, 0.717) is 16.6 Å². The van der Waals surface area contributed by atoms with Crippen LogP contribution in [0, 0.1) is 6.92 Å². The minimum absolute atomic E-state index is 0.0575. The van der Waals surface area contributed by atoms with Crippen molar-refractivity contribution >= 4 is 46.0 Å². The van der Waals surface area contributed by atoms with Crippen molar-refractivity contribution in [2.24, 2.45) is 5.10 Å². The number of anilines is 1. The van der Waals surface area contributed by atoms with E-state index < -0.39 is 5.91 Å². The quantitative estimate of drug-likeness (QED) is 0.362. The van der Waals surface area contributed by atoms with Crippen LogP contribution in [0.25, 0.3) is 16.5 Å². The van der Waals surface area contributed by atoms with Crippen molar-refractivity contribution in [3.05, 3.63) is 69.9 Å². The highest BCUT2D eigenvalue weighted by molar-refractivity contribution is 6.31. The first kappa shape index (κ1) is 22.2. The molecule has 0 saturated carbocycles. The van der Waals surface area contributed by atoms with E-state index in [-0.39, 0.29) is 11.3 Å². The molecular weight excluding hydrogens is 422 g/mol. The maximum atomic E-state index is 12.5. The SMILES string of the molecule is CC1=CC(C)(C)N(C(C)C)c2cc(C)c(/C=N\NC(=O)c3cc4cc(Cl)ccc4o3)cc21. The Labute approximate surface area is 193 Å². The van der Waals surface area contributed by atoms with E-state index in [1.807, 2.05) is 0 Å². The predicted molar refractivity (Wildman–Crippen MR) is 133 cm³/mol. The van der Waals surface area contributed by atoms with Gasteiger partial charge in [0, 0.05) is 27.7 Å². The molecule has 0 fully saturated rings. The third-order valence-corrected chi connectivity index (χ3v) is 6.08. The van der Waals surface area contributed by atoms with Gasteiger partial charge in [-0.05, 0) is 94.6 Å². The number of carbonyl (C=O) groups excluding carboxylic acids is 1. The molecule has 0 saturated heterocycles. The number of rotatable bonds is 4. The molecule has 1 amide bonds. The zero-order chi connectivity index (χ0) is 23.2. The van der Waals surface area contributed by atoms with Crippen molar-refractivity contribution in [3.63, 3.8) is 0 Å². The van der Waals surface area contributed by atoms with Gasteiger partial charge in [0.05, 0.1) is 11.8 Å². The van der Waals surface area contributed by atoms with Crippen LogP contribution in [0.4, 0.5) is 5.69 Å². The van der Waals surface area contributed by atoms with Gasteiger partial charge >= 0.3 is 5.91 Å².